The first kappa shape index (κ1) is 26.3. The predicted octanol–water partition coefficient (Wildman–Crippen LogP) is 2.40. The minimum atomic E-state index is -0.825. The molecule has 0 radical (unpaired) electrons. The smallest absolute Gasteiger partial charge is 0.325 e. The number of imide groups is 1. The van der Waals surface area contributed by atoms with Gasteiger partial charge >= 0.3 is 6.03 Å². The minimum absolute atomic E-state index is 0.0717. The molecule has 1 unspecified atom stereocenters. The van der Waals surface area contributed by atoms with Crippen LogP contribution in [-0.4, -0.2) is 71.7 Å². The number of benzene rings is 2. The van der Waals surface area contributed by atoms with E-state index in [1.165, 1.54) is 42.7 Å². The number of nitrogens with zero attached hydrogens (tertiary/aromatic N) is 4. The predicted molar refractivity (Wildman–Crippen MR) is 142 cm³/mol. The summed E-state index contributed by atoms with van der Waals surface area (Å²) in [5, 5.41) is 8.84. The number of rotatable bonds is 6. The molecule has 1 fully saturated rings. The van der Waals surface area contributed by atoms with Gasteiger partial charge in [0, 0.05) is 41.1 Å². The van der Waals surface area contributed by atoms with Gasteiger partial charge in [-0.15, -0.1) is 0 Å². The number of urea groups is 1. The van der Waals surface area contributed by atoms with Crippen molar-refractivity contribution in [1.82, 2.24) is 10.2 Å². The van der Waals surface area contributed by atoms with E-state index in [-0.39, 0.29) is 35.8 Å². The molecule has 3 aliphatic rings. The van der Waals surface area contributed by atoms with Gasteiger partial charge in [0.25, 0.3) is 11.9 Å². The maximum atomic E-state index is 14.9. The van der Waals surface area contributed by atoms with Crippen LogP contribution in [0.2, 0.25) is 0 Å². The molecule has 10 nitrogen and oxygen atoms in total. The molecule has 3 aliphatic heterocycles. The summed E-state index contributed by atoms with van der Waals surface area (Å²) in [4.78, 5) is 30.9. The Morgan fingerprint density at radius 3 is 2.64 bits per heavy atom. The van der Waals surface area contributed by atoms with Gasteiger partial charge in [0.15, 0.2) is 24.1 Å². The Morgan fingerprint density at radius 2 is 1.90 bits per heavy atom. The second-order valence-corrected chi connectivity index (χ2v) is 9.54. The fraction of sp³-hybridized carbons (Fsp3) is 0.296. The Morgan fingerprint density at radius 1 is 1.13 bits per heavy atom. The molecule has 5 rings (SSSR count). The number of hydrogen-bond acceptors (Lipinski definition) is 7. The molecule has 202 valence electrons. The number of anilines is 1. The van der Waals surface area contributed by atoms with E-state index in [0.717, 1.165) is 37.6 Å². The van der Waals surface area contributed by atoms with Crippen molar-refractivity contribution in [3.8, 4) is 5.75 Å². The van der Waals surface area contributed by atoms with Gasteiger partial charge in [-0.05, 0) is 55.8 Å². The van der Waals surface area contributed by atoms with Gasteiger partial charge in [-0.2, -0.15) is 4.99 Å². The Kier molecular flexibility index (Phi) is 7.84. The summed E-state index contributed by atoms with van der Waals surface area (Å²) >= 11 is 0. The number of fused-ring (bicyclic) bond motifs is 1. The van der Waals surface area contributed by atoms with Gasteiger partial charge in [0.05, 0.1) is 6.42 Å². The molecule has 0 bridgehead atoms. The molecule has 2 aromatic rings. The van der Waals surface area contributed by atoms with Crippen LogP contribution in [0.1, 0.15) is 18.4 Å². The van der Waals surface area contributed by atoms with Crippen molar-refractivity contribution in [3.63, 3.8) is 0 Å². The number of hydrazone groups is 1. The van der Waals surface area contributed by atoms with E-state index < -0.39 is 23.6 Å². The Bertz CT molecular complexity index is 1380. The van der Waals surface area contributed by atoms with Crippen LogP contribution < -0.4 is 21.1 Å². The summed E-state index contributed by atoms with van der Waals surface area (Å²) in [7, 11) is 0. The number of carbonyl (C=O) groups is 2. The van der Waals surface area contributed by atoms with Crippen LogP contribution in [0.15, 0.2) is 64.2 Å². The highest BCUT2D eigenvalue weighted by molar-refractivity contribution is 6.01. The Labute approximate surface area is 223 Å². The third-order valence-electron chi connectivity index (χ3n) is 6.63. The van der Waals surface area contributed by atoms with Crippen molar-refractivity contribution < 1.29 is 27.8 Å². The highest BCUT2D eigenvalue weighted by Gasteiger charge is 2.40. The zero-order valence-corrected chi connectivity index (χ0v) is 21.0. The van der Waals surface area contributed by atoms with E-state index in [9.17, 15) is 18.4 Å². The quantitative estimate of drug-likeness (QED) is 0.489. The number of nitrogens with one attached hydrogen (secondary N) is 2. The third kappa shape index (κ3) is 6.59. The summed E-state index contributed by atoms with van der Waals surface area (Å²) in [6.07, 6.45) is 6.92. The number of amides is 3. The molecule has 4 N–H and O–H groups in total. The van der Waals surface area contributed by atoms with Crippen molar-refractivity contribution in [1.29, 1.82) is 0 Å². The normalized spacial score (nSPS) is 19.1. The summed E-state index contributed by atoms with van der Waals surface area (Å²) in [5.41, 5.74) is 7.72. The van der Waals surface area contributed by atoms with Gasteiger partial charge in [0.1, 0.15) is 5.82 Å². The van der Waals surface area contributed by atoms with E-state index >= 15 is 0 Å². The Hall–Kier alpha value is -4.29. The van der Waals surface area contributed by atoms with Crippen molar-refractivity contribution in [2.24, 2.45) is 15.8 Å². The fourth-order valence-corrected chi connectivity index (χ4v) is 4.59. The molecular formula is C27H28F2N7O3+. The van der Waals surface area contributed by atoms with Crippen LogP contribution in [0.5, 0.6) is 5.75 Å². The summed E-state index contributed by atoms with van der Waals surface area (Å²) in [6, 6.07) is 8.29. The monoisotopic (exact) mass is 536 g/mol. The van der Waals surface area contributed by atoms with Gasteiger partial charge in [0.2, 0.25) is 5.91 Å². The van der Waals surface area contributed by atoms with Crippen molar-refractivity contribution in [2.75, 3.05) is 25.0 Å². The number of nitrogens with two attached hydrogens (primary N) is 1. The van der Waals surface area contributed by atoms with E-state index in [1.807, 2.05) is 12.3 Å². The van der Waals surface area contributed by atoms with Gasteiger partial charge in [-0.1, -0.05) is 16.8 Å². The maximum absolute atomic E-state index is 14.9. The summed E-state index contributed by atoms with van der Waals surface area (Å²) in [6.45, 7) is 2.50. The van der Waals surface area contributed by atoms with E-state index in [0.29, 0.717) is 12.1 Å². The number of ether oxygens (including phenoxy) is 1. The molecule has 0 aliphatic carbocycles. The van der Waals surface area contributed by atoms with E-state index in [4.69, 9.17) is 10.5 Å². The first-order chi connectivity index (χ1) is 18.8. The molecule has 0 spiro atoms. The summed E-state index contributed by atoms with van der Waals surface area (Å²) in [5.74, 6) is -1.53. The van der Waals surface area contributed by atoms with Gasteiger partial charge in [-0.3, -0.25) is 15.0 Å². The fourth-order valence-electron chi connectivity index (χ4n) is 4.59. The molecule has 0 saturated carbocycles. The lowest BCUT2D eigenvalue weighted by atomic mass is 10.0. The highest BCUT2D eigenvalue weighted by atomic mass is 19.1. The lowest BCUT2D eigenvalue weighted by Gasteiger charge is -2.30. The van der Waals surface area contributed by atoms with Crippen LogP contribution in [0.25, 0.3) is 0 Å². The number of aliphatic imine (C=N–C) groups is 1. The van der Waals surface area contributed by atoms with Crippen LogP contribution in [0, 0.1) is 11.6 Å². The zero-order valence-electron chi connectivity index (χ0n) is 21.0. The van der Waals surface area contributed by atoms with Crippen LogP contribution in [0.3, 0.4) is 0 Å². The molecule has 3 amide bonds. The number of piperidine rings is 1. The lowest BCUT2D eigenvalue weighted by Crippen LogP contribution is -2.44. The zero-order chi connectivity index (χ0) is 27.4. The summed E-state index contributed by atoms with van der Waals surface area (Å²) < 4.78 is 35.5. The number of likely N-dealkylation sites (tertiary alicyclic amines) is 1. The largest absolute Gasteiger partial charge is 0.433 e. The first-order valence-corrected chi connectivity index (χ1v) is 12.6. The SMILES string of the molecule is NC1CCN(CC2=CC=[N+]3N=CN=C(Oc4ccc(NC(=O)NC(=O)Cc5ccc(F)cc5)cc4F)C23)CC1. The number of allylic oxidation sites excluding steroid dienone is 1. The Balaban J connectivity index is 1.18. The van der Waals surface area contributed by atoms with E-state index in [1.54, 1.807) is 4.68 Å². The van der Waals surface area contributed by atoms with Crippen molar-refractivity contribution >= 4 is 36.1 Å². The molecule has 0 aromatic heterocycles. The van der Waals surface area contributed by atoms with Crippen molar-refractivity contribution in [2.45, 2.75) is 31.3 Å². The second-order valence-electron chi connectivity index (χ2n) is 9.54. The van der Waals surface area contributed by atoms with Crippen molar-refractivity contribution in [3.05, 3.63) is 71.3 Å². The first-order valence-electron chi connectivity index (χ1n) is 12.6. The number of carbonyl (C=O) groups excluding carboxylic acids is 2. The minimum Gasteiger partial charge on any atom is -0.433 e. The second kappa shape index (κ2) is 11.6. The third-order valence-corrected chi connectivity index (χ3v) is 6.63. The van der Waals surface area contributed by atoms with Gasteiger partial charge in [-0.25, -0.2) is 13.6 Å². The highest BCUT2D eigenvalue weighted by Crippen LogP contribution is 2.25. The molecule has 39 heavy (non-hydrogen) atoms. The average Bonchev–Trinajstić information content (AvgIpc) is 3.32. The number of halogens is 2. The molecule has 1 saturated heterocycles. The molecule has 2 aromatic carbocycles. The molecule has 3 heterocycles. The van der Waals surface area contributed by atoms with Gasteiger partial charge < -0.3 is 15.8 Å². The van der Waals surface area contributed by atoms with Crippen LogP contribution >= 0.6 is 0 Å². The van der Waals surface area contributed by atoms with E-state index in [2.05, 4.69) is 25.6 Å². The topological polar surface area (TPSA) is 124 Å². The molecule has 1 atom stereocenters. The lowest BCUT2D eigenvalue weighted by molar-refractivity contribution is -0.539. The molecular weight excluding hydrogens is 508 g/mol. The standard InChI is InChI=1S/C27H27F2N7O3/c28-19-3-1-17(2-4-19)13-24(37)34-27(38)33-21-5-6-23(22(29)14-21)39-26-25-18(7-12-36(25)32-16-31-26)15-35-10-8-20(30)9-11-35/h1-7,12,14,16,20,25H,8-11,13,15,30H2,(H-,33,34,37,38)/p+1. The number of hydrogen-bond donors (Lipinski definition) is 3. The van der Waals surface area contributed by atoms with Crippen LogP contribution in [-0.2, 0) is 11.2 Å². The average molecular weight is 537 g/mol. The van der Waals surface area contributed by atoms with Crippen LogP contribution in [0.4, 0.5) is 19.3 Å². The maximum Gasteiger partial charge on any atom is 0.325 e. The molecule has 12 heteroatoms.